The third kappa shape index (κ3) is 3.36. The van der Waals surface area contributed by atoms with Crippen LogP contribution in [0.15, 0.2) is 35.2 Å². The Bertz CT molecular complexity index is 790. The topological polar surface area (TPSA) is 91.9 Å². The maximum absolute atomic E-state index is 12.0. The van der Waals surface area contributed by atoms with Crippen molar-refractivity contribution in [1.82, 2.24) is 15.5 Å². The van der Waals surface area contributed by atoms with Crippen LogP contribution in [0.2, 0.25) is 0 Å². The summed E-state index contributed by atoms with van der Waals surface area (Å²) in [5.74, 6) is 0.285. The quantitative estimate of drug-likeness (QED) is 0.876. The Morgan fingerprint density at radius 2 is 2.00 bits per heavy atom. The highest BCUT2D eigenvalue weighted by Crippen LogP contribution is 2.38. The van der Waals surface area contributed by atoms with E-state index in [-0.39, 0.29) is 10.8 Å². The molecule has 3 rings (SSSR count). The maximum Gasteiger partial charge on any atom is 0.272 e. The Balaban J connectivity index is 1.60. The number of aromatic nitrogens is 2. The van der Waals surface area contributed by atoms with E-state index in [1.165, 1.54) is 18.4 Å². The minimum Gasteiger partial charge on any atom is -0.347 e. The Hall–Kier alpha value is -2.15. The first-order valence-corrected chi connectivity index (χ1v) is 8.95. The van der Waals surface area contributed by atoms with Crippen LogP contribution in [-0.4, -0.2) is 30.8 Å². The molecule has 7 heteroatoms. The third-order valence-corrected chi connectivity index (χ3v) is 4.78. The molecule has 0 spiro atoms. The average molecular weight is 319 g/mol. The molecule has 0 bridgehead atoms. The lowest BCUT2D eigenvalue weighted by Gasteiger charge is -2.04. The molecule has 1 aromatic heterocycles. The highest BCUT2D eigenvalue weighted by atomic mass is 32.2. The molecule has 1 aliphatic rings. The lowest BCUT2D eigenvalue weighted by atomic mass is 10.2. The molecule has 1 saturated carbocycles. The summed E-state index contributed by atoms with van der Waals surface area (Å²) in [6.07, 6.45) is 3.46. The SMILES string of the molecule is CS(=O)(=O)c1ccc(CNC(=O)c2cc(C3CC3)[nH]n2)cc1. The van der Waals surface area contributed by atoms with Gasteiger partial charge in [-0.25, -0.2) is 8.42 Å². The molecule has 2 N–H and O–H groups in total. The van der Waals surface area contributed by atoms with Crippen LogP contribution in [0, 0.1) is 0 Å². The fraction of sp³-hybridized carbons (Fsp3) is 0.333. The van der Waals surface area contributed by atoms with E-state index in [4.69, 9.17) is 0 Å². The van der Waals surface area contributed by atoms with E-state index < -0.39 is 9.84 Å². The fourth-order valence-electron chi connectivity index (χ4n) is 2.18. The second-order valence-corrected chi connectivity index (χ2v) is 7.60. The van der Waals surface area contributed by atoms with Crippen molar-refractivity contribution in [3.05, 3.63) is 47.3 Å². The molecule has 0 saturated heterocycles. The second-order valence-electron chi connectivity index (χ2n) is 5.58. The number of carbonyl (C=O) groups is 1. The molecular weight excluding hydrogens is 302 g/mol. The van der Waals surface area contributed by atoms with Crippen molar-refractivity contribution in [2.24, 2.45) is 0 Å². The van der Waals surface area contributed by atoms with E-state index in [2.05, 4.69) is 15.5 Å². The lowest BCUT2D eigenvalue weighted by molar-refractivity contribution is 0.0946. The molecule has 1 heterocycles. The van der Waals surface area contributed by atoms with Gasteiger partial charge in [0.1, 0.15) is 5.69 Å². The Morgan fingerprint density at radius 3 is 2.59 bits per heavy atom. The monoisotopic (exact) mass is 319 g/mol. The van der Waals surface area contributed by atoms with Gasteiger partial charge >= 0.3 is 0 Å². The first kappa shape index (κ1) is 14.8. The molecule has 1 fully saturated rings. The number of nitrogens with zero attached hydrogens (tertiary/aromatic N) is 1. The van der Waals surface area contributed by atoms with Gasteiger partial charge in [0.05, 0.1) is 4.90 Å². The van der Waals surface area contributed by atoms with E-state index >= 15 is 0 Å². The first-order chi connectivity index (χ1) is 10.4. The summed E-state index contributed by atoms with van der Waals surface area (Å²) >= 11 is 0. The van der Waals surface area contributed by atoms with Gasteiger partial charge in [0.15, 0.2) is 9.84 Å². The Labute approximate surface area is 128 Å². The van der Waals surface area contributed by atoms with Crippen molar-refractivity contribution < 1.29 is 13.2 Å². The van der Waals surface area contributed by atoms with E-state index in [1.54, 1.807) is 18.2 Å². The van der Waals surface area contributed by atoms with Crippen molar-refractivity contribution in [1.29, 1.82) is 0 Å². The molecule has 1 aliphatic carbocycles. The van der Waals surface area contributed by atoms with E-state index in [1.807, 2.05) is 0 Å². The van der Waals surface area contributed by atoms with Crippen LogP contribution in [0.1, 0.15) is 40.5 Å². The van der Waals surface area contributed by atoms with Crippen molar-refractivity contribution in [3.63, 3.8) is 0 Å². The summed E-state index contributed by atoms with van der Waals surface area (Å²) in [7, 11) is -3.19. The molecule has 0 aliphatic heterocycles. The van der Waals surface area contributed by atoms with Crippen LogP contribution in [0.25, 0.3) is 0 Å². The van der Waals surface area contributed by atoms with Gasteiger partial charge in [-0.15, -0.1) is 0 Å². The summed E-state index contributed by atoms with van der Waals surface area (Å²) in [6.45, 7) is 0.328. The summed E-state index contributed by atoms with van der Waals surface area (Å²) in [6, 6.07) is 8.25. The number of rotatable bonds is 5. The van der Waals surface area contributed by atoms with Crippen LogP contribution in [-0.2, 0) is 16.4 Å². The second kappa shape index (κ2) is 5.57. The zero-order valence-corrected chi connectivity index (χ0v) is 13.0. The molecule has 0 radical (unpaired) electrons. The van der Waals surface area contributed by atoms with Crippen LogP contribution in [0.5, 0.6) is 0 Å². The molecule has 1 aromatic carbocycles. The predicted octanol–water partition coefficient (Wildman–Crippen LogP) is 1.62. The van der Waals surface area contributed by atoms with E-state index in [0.717, 1.165) is 24.1 Å². The first-order valence-electron chi connectivity index (χ1n) is 7.06. The van der Waals surface area contributed by atoms with Crippen LogP contribution in [0.3, 0.4) is 0 Å². The van der Waals surface area contributed by atoms with Crippen LogP contribution in [0.4, 0.5) is 0 Å². The highest BCUT2D eigenvalue weighted by Gasteiger charge is 2.26. The van der Waals surface area contributed by atoms with E-state index in [0.29, 0.717) is 18.2 Å². The zero-order valence-electron chi connectivity index (χ0n) is 12.2. The van der Waals surface area contributed by atoms with E-state index in [9.17, 15) is 13.2 Å². The number of carbonyl (C=O) groups excluding carboxylic acids is 1. The molecule has 6 nitrogen and oxygen atoms in total. The molecule has 2 aromatic rings. The molecule has 1 amide bonds. The number of aromatic amines is 1. The summed E-state index contributed by atoms with van der Waals surface area (Å²) in [5, 5.41) is 9.69. The van der Waals surface area contributed by atoms with Crippen molar-refractivity contribution in [2.75, 3.05) is 6.26 Å². The number of hydrogen-bond donors (Lipinski definition) is 2. The number of benzene rings is 1. The van der Waals surface area contributed by atoms with Crippen LogP contribution >= 0.6 is 0 Å². The maximum atomic E-state index is 12.0. The smallest absolute Gasteiger partial charge is 0.272 e. The van der Waals surface area contributed by atoms with Gasteiger partial charge in [-0.1, -0.05) is 12.1 Å². The summed E-state index contributed by atoms with van der Waals surface area (Å²) in [5.41, 5.74) is 2.23. The van der Waals surface area contributed by atoms with Gasteiger partial charge < -0.3 is 5.32 Å². The molecular formula is C15H17N3O3S. The van der Waals surface area contributed by atoms with Gasteiger partial charge in [-0.2, -0.15) is 5.10 Å². The molecule has 0 atom stereocenters. The molecule has 22 heavy (non-hydrogen) atoms. The van der Waals surface area contributed by atoms with Gasteiger partial charge in [0.25, 0.3) is 5.91 Å². The minimum atomic E-state index is -3.19. The highest BCUT2D eigenvalue weighted by molar-refractivity contribution is 7.90. The van der Waals surface area contributed by atoms with Gasteiger partial charge in [-0.3, -0.25) is 9.89 Å². The van der Waals surface area contributed by atoms with Crippen molar-refractivity contribution >= 4 is 15.7 Å². The Kier molecular flexibility index (Phi) is 3.74. The predicted molar refractivity (Wildman–Crippen MR) is 81.3 cm³/mol. The largest absolute Gasteiger partial charge is 0.347 e. The summed E-state index contributed by atoms with van der Waals surface area (Å²) in [4.78, 5) is 12.3. The zero-order chi connectivity index (χ0) is 15.7. The molecule has 0 unspecified atom stereocenters. The number of hydrogen-bond acceptors (Lipinski definition) is 4. The van der Waals surface area contributed by atoms with Gasteiger partial charge in [0, 0.05) is 24.4 Å². The van der Waals surface area contributed by atoms with Crippen LogP contribution < -0.4 is 5.32 Å². The van der Waals surface area contributed by atoms with Crippen molar-refractivity contribution in [2.45, 2.75) is 30.2 Å². The number of amides is 1. The van der Waals surface area contributed by atoms with Gasteiger partial charge in [0.2, 0.25) is 0 Å². The summed E-state index contributed by atoms with van der Waals surface area (Å²) < 4.78 is 22.8. The third-order valence-electron chi connectivity index (χ3n) is 3.65. The lowest BCUT2D eigenvalue weighted by Crippen LogP contribution is -2.23. The average Bonchev–Trinajstić information content (AvgIpc) is 3.22. The molecule has 116 valence electrons. The van der Waals surface area contributed by atoms with Gasteiger partial charge in [-0.05, 0) is 36.6 Å². The van der Waals surface area contributed by atoms with Crippen molar-refractivity contribution in [3.8, 4) is 0 Å². The number of sulfone groups is 1. The number of H-pyrrole nitrogens is 1. The fourth-order valence-corrected chi connectivity index (χ4v) is 2.81. The number of nitrogens with one attached hydrogen (secondary N) is 2. The Morgan fingerprint density at radius 1 is 1.32 bits per heavy atom. The standard InChI is InChI=1S/C15H17N3O3S/c1-22(20,21)12-6-2-10(3-7-12)9-16-15(19)14-8-13(17-18-14)11-4-5-11/h2-3,6-8,11H,4-5,9H2,1H3,(H,16,19)(H,17,18). The minimum absolute atomic E-state index is 0.240. The normalized spacial score (nSPS) is 14.8.